The summed E-state index contributed by atoms with van der Waals surface area (Å²) in [4.78, 5) is 10.5. The topological polar surface area (TPSA) is 61.1 Å². The van der Waals surface area contributed by atoms with E-state index in [1.165, 1.54) is 0 Å². The second-order valence-electron chi connectivity index (χ2n) is 2.58. The van der Waals surface area contributed by atoms with Crippen molar-refractivity contribution >= 4 is 37.8 Å². The van der Waals surface area contributed by atoms with Crippen molar-refractivity contribution in [1.29, 1.82) is 5.26 Å². The molecule has 0 saturated heterocycles. The smallest absolute Gasteiger partial charge is 0.307 e. The van der Waals surface area contributed by atoms with Gasteiger partial charge in [-0.25, -0.2) is 0 Å². The maximum absolute atomic E-state index is 10.5. The molecule has 0 aliphatic carbocycles. The van der Waals surface area contributed by atoms with Crippen LogP contribution in [-0.4, -0.2) is 11.1 Å². The molecule has 0 saturated carbocycles. The van der Waals surface area contributed by atoms with E-state index in [0.29, 0.717) is 20.1 Å². The molecule has 0 aliphatic rings. The molecule has 0 heterocycles. The minimum Gasteiger partial charge on any atom is -0.481 e. The van der Waals surface area contributed by atoms with Gasteiger partial charge in [0.25, 0.3) is 0 Å². The second kappa shape index (κ2) is 4.58. The molecule has 0 aromatic heterocycles. The van der Waals surface area contributed by atoms with Gasteiger partial charge in [0.2, 0.25) is 0 Å². The van der Waals surface area contributed by atoms with Crippen LogP contribution in [0.5, 0.6) is 0 Å². The molecule has 0 radical (unpaired) electrons. The van der Waals surface area contributed by atoms with Crippen LogP contribution in [-0.2, 0) is 11.2 Å². The first kappa shape index (κ1) is 11.2. The molecule has 14 heavy (non-hydrogen) atoms. The van der Waals surface area contributed by atoms with E-state index < -0.39 is 5.97 Å². The Morgan fingerprint density at radius 1 is 1.50 bits per heavy atom. The minimum atomic E-state index is -0.920. The fraction of sp³-hybridized carbons (Fsp3) is 0.111. The van der Waals surface area contributed by atoms with Crippen molar-refractivity contribution in [2.45, 2.75) is 6.42 Å². The van der Waals surface area contributed by atoms with Gasteiger partial charge in [0.15, 0.2) is 0 Å². The number of nitriles is 1. The third-order valence-electron chi connectivity index (χ3n) is 1.62. The van der Waals surface area contributed by atoms with Crippen LogP contribution < -0.4 is 0 Å². The number of aliphatic carboxylic acids is 1. The summed E-state index contributed by atoms with van der Waals surface area (Å²) in [6, 6.07) is 5.33. The Balaban J connectivity index is 3.23. The molecule has 0 bridgehead atoms. The van der Waals surface area contributed by atoms with Crippen molar-refractivity contribution in [3.63, 3.8) is 0 Å². The highest BCUT2D eigenvalue weighted by Crippen LogP contribution is 2.28. The van der Waals surface area contributed by atoms with Gasteiger partial charge >= 0.3 is 5.97 Å². The molecule has 0 amide bonds. The third-order valence-corrected chi connectivity index (χ3v) is 3.19. The van der Waals surface area contributed by atoms with Crippen LogP contribution >= 0.6 is 31.9 Å². The molecule has 5 heteroatoms. The Labute approximate surface area is 97.6 Å². The van der Waals surface area contributed by atoms with Gasteiger partial charge < -0.3 is 5.11 Å². The summed E-state index contributed by atoms with van der Waals surface area (Å²) < 4.78 is 1.19. The molecule has 0 fully saturated rings. The second-order valence-corrected chi connectivity index (χ2v) is 4.23. The highest BCUT2D eigenvalue weighted by molar-refractivity contribution is 9.11. The van der Waals surface area contributed by atoms with Crippen molar-refractivity contribution < 1.29 is 9.90 Å². The van der Waals surface area contributed by atoms with Gasteiger partial charge in [-0.1, -0.05) is 6.07 Å². The van der Waals surface area contributed by atoms with Crippen LogP contribution in [0.2, 0.25) is 0 Å². The lowest BCUT2D eigenvalue weighted by Gasteiger charge is -2.04. The number of carbonyl (C=O) groups is 1. The van der Waals surface area contributed by atoms with Crippen LogP contribution in [0, 0.1) is 11.3 Å². The van der Waals surface area contributed by atoms with Gasteiger partial charge in [0.1, 0.15) is 6.07 Å². The Bertz CT molecular complexity index is 424. The molecule has 1 aromatic carbocycles. The third kappa shape index (κ3) is 2.34. The van der Waals surface area contributed by atoms with Gasteiger partial charge in [0, 0.05) is 8.95 Å². The van der Waals surface area contributed by atoms with Crippen molar-refractivity contribution in [2.24, 2.45) is 0 Å². The van der Waals surface area contributed by atoms with Crippen molar-refractivity contribution in [3.05, 3.63) is 32.2 Å². The van der Waals surface area contributed by atoms with E-state index in [0.717, 1.165) is 0 Å². The Morgan fingerprint density at radius 2 is 2.14 bits per heavy atom. The maximum Gasteiger partial charge on any atom is 0.307 e. The highest BCUT2D eigenvalue weighted by Gasteiger charge is 2.11. The van der Waals surface area contributed by atoms with E-state index in [1.807, 2.05) is 6.07 Å². The highest BCUT2D eigenvalue weighted by atomic mass is 79.9. The number of nitrogens with zero attached hydrogens (tertiary/aromatic N) is 1. The van der Waals surface area contributed by atoms with Gasteiger partial charge in [-0.2, -0.15) is 5.26 Å². The summed E-state index contributed by atoms with van der Waals surface area (Å²) in [5.74, 6) is -0.920. The first-order valence-electron chi connectivity index (χ1n) is 3.65. The Morgan fingerprint density at radius 3 is 2.64 bits per heavy atom. The SMILES string of the molecule is N#Cc1c(Br)ccc(CC(=O)O)c1Br. The van der Waals surface area contributed by atoms with Gasteiger partial charge in [-0.3, -0.25) is 4.79 Å². The van der Waals surface area contributed by atoms with E-state index in [1.54, 1.807) is 12.1 Å². The molecule has 0 atom stereocenters. The largest absolute Gasteiger partial charge is 0.481 e. The molecular weight excluding hydrogens is 314 g/mol. The number of hydrogen-bond donors (Lipinski definition) is 1. The number of benzene rings is 1. The summed E-state index contributed by atoms with van der Waals surface area (Å²) >= 11 is 6.41. The van der Waals surface area contributed by atoms with Crippen molar-refractivity contribution in [3.8, 4) is 6.07 Å². The Kier molecular flexibility index (Phi) is 3.67. The number of hydrogen-bond acceptors (Lipinski definition) is 2. The van der Waals surface area contributed by atoms with E-state index in [-0.39, 0.29) is 6.42 Å². The zero-order valence-electron chi connectivity index (χ0n) is 6.92. The lowest BCUT2D eigenvalue weighted by molar-refractivity contribution is -0.136. The summed E-state index contributed by atoms with van der Waals surface area (Å²) in [5, 5.41) is 17.4. The molecule has 0 unspecified atom stereocenters. The number of halogens is 2. The van der Waals surface area contributed by atoms with Crippen molar-refractivity contribution in [2.75, 3.05) is 0 Å². The van der Waals surface area contributed by atoms with E-state index in [2.05, 4.69) is 31.9 Å². The van der Waals surface area contributed by atoms with Crippen LogP contribution in [0.4, 0.5) is 0 Å². The lowest BCUT2D eigenvalue weighted by atomic mass is 10.1. The first-order valence-corrected chi connectivity index (χ1v) is 5.23. The van der Waals surface area contributed by atoms with Gasteiger partial charge in [0.05, 0.1) is 12.0 Å². The number of rotatable bonds is 2. The van der Waals surface area contributed by atoms with Crippen LogP contribution in [0.1, 0.15) is 11.1 Å². The zero-order chi connectivity index (χ0) is 10.7. The first-order chi connectivity index (χ1) is 6.56. The fourth-order valence-corrected chi connectivity index (χ4v) is 2.26. The summed E-state index contributed by atoms with van der Waals surface area (Å²) in [7, 11) is 0. The summed E-state index contributed by atoms with van der Waals surface area (Å²) in [5.41, 5.74) is 1.01. The Hall–Kier alpha value is -0.860. The molecule has 3 nitrogen and oxygen atoms in total. The molecule has 1 rings (SSSR count). The van der Waals surface area contributed by atoms with Crippen LogP contribution in [0.15, 0.2) is 21.1 Å². The molecule has 0 aliphatic heterocycles. The molecular formula is C9H5Br2NO2. The molecule has 72 valence electrons. The molecule has 0 spiro atoms. The fourth-order valence-electron chi connectivity index (χ4n) is 0.998. The van der Waals surface area contributed by atoms with E-state index in [9.17, 15) is 4.79 Å². The van der Waals surface area contributed by atoms with Crippen LogP contribution in [0.25, 0.3) is 0 Å². The quantitative estimate of drug-likeness (QED) is 0.912. The predicted octanol–water partition coefficient (Wildman–Crippen LogP) is 2.71. The summed E-state index contributed by atoms with van der Waals surface area (Å²) in [6.45, 7) is 0. The monoisotopic (exact) mass is 317 g/mol. The average molecular weight is 319 g/mol. The maximum atomic E-state index is 10.5. The standard InChI is InChI=1S/C9H5Br2NO2/c10-7-2-1-5(3-8(13)14)9(11)6(7)4-12/h1-2H,3H2,(H,13,14). The average Bonchev–Trinajstić information content (AvgIpc) is 2.10. The van der Waals surface area contributed by atoms with Gasteiger partial charge in [-0.05, 0) is 43.5 Å². The minimum absolute atomic E-state index is 0.0947. The van der Waals surface area contributed by atoms with E-state index in [4.69, 9.17) is 10.4 Å². The lowest BCUT2D eigenvalue weighted by Crippen LogP contribution is -2.01. The predicted molar refractivity (Wildman–Crippen MR) is 57.9 cm³/mol. The van der Waals surface area contributed by atoms with E-state index >= 15 is 0 Å². The van der Waals surface area contributed by atoms with Gasteiger partial charge in [-0.15, -0.1) is 0 Å². The van der Waals surface area contributed by atoms with Crippen LogP contribution in [0.3, 0.4) is 0 Å². The summed E-state index contributed by atoms with van der Waals surface area (Å²) in [6.07, 6.45) is -0.0947. The van der Waals surface area contributed by atoms with Crippen molar-refractivity contribution in [1.82, 2.24) is 0 Å². The number of carboxylic acids is 1. The molecule has 1 N–H and O–H groups in total. The molecule has 1 aromatic rings. The zero-order valence-corrected chi connectivity index (χ0v) is 10.1. The normalized spacial score (nSPS) is 9.50. The number of carboxylic acid groups (broad SMARTS) is 1.